The van der Waals surface area contributed by atoms with E-state index in [0.29, 0.717) is 19.5 Å². The molecular weight excluding hydrogens is 208 g/mol. The van der Waals surface area contributed by atoms with Crippen molar-refractivity contribution in [2.45, 2.75) is 25.9 Å². The van der Waals surface area contributed by atoms with Crippen LogP contribution >= 0.6 is 0 Å². The monoisotopic (exact) mass is 232 g/mol. The van der Waals surface area contributed by atoms with Gasteiger partial charge in [-0.3, -0.25) is 9.69 Å². The number of aliphatic carboxylic acids is 1. The van der Waals surface area contributed by atoms with Crippen molar-refractivity contribution in [3.63, 3.8) is 0 Å². The quantitative estimate of drug-likeness (QED) is 0.621. The van der Waals surface area contributed by atoms with Crippen molar-refractivity contribution in [1.29, 1.82) is 0 Å². The molecule has 5 heteroatoms. The lowest BCUT2D eigenvalue weighted by atomic mass is 10.0. The first-order valence-corrected chi connectivity index (χ1v) is 5.58. The Morgan fingerprint density at radius 2 is 1.88 bits per heavy atom. The number of carbonyl (C=O) groups is 1. The molecule has 0 aliphatic rings. The van der Waals surface area contributed by atoms with E-state index in [2.05, 4.69) is 0 Å². The minimum Gasteiger partial charge on any atom is -0.480 e. The van der Waals surface area contributed by atoms with Gasteiger partial charge in [0.25, 0.3) is 0 Å². The van der Waals surface area contributed by atoms with Crippen LogP contribution in [0, 0.1) is 0 Å². The number of aliphatic hydroxyl groups is 1. The fraction of sp³-hybridized carbons (Fsp3) is 0.909. The van der Waals surface area contributed by atoms with Crippen LogP contribution in [-0.4, -0.2) is 71.9 Å². The molecular formula is C11H24N2O3. The summed E-state index contributed by atoms with van der Waals surface area (Å²) in [5.74, 6) is -0.856. The number of nitrogens with zero attached hydrogens (tertiary/aromatic N) is 2. The molecule has 0 aromatic rings. The first kappa shape index (κ1) is 15.3. The summed E-state index contributed by atoms with van der Waals surface area (Å²) in [6.07, 6.45) is 0.616. The Labute approximate surface area is 97.7 Å². The van der Waals surface area contributed by atoms with E-state index in [4.69, 9.17) is 5.11 Å². The predicted molar refractivity (Wildman–Crippen MR) is 63.5 cm³/mol. The smallest absolute Gasteiger partial charge is 0.317 e. The normalized spacial score (nSPS) is 15.4. The first-order valence-electron chi connectivity index (χ1n) is 5.58. The summed E-state index contributed by atoms with van der Waals surface area (Å²) in [4.78, 5) is 14.5. The number of hydrogen-bond donors (Lipinski definition) is 2. The van der Waals surface area contributed by atoms with E-state index in [1.807, 2.05) is 25.9 Å². The van der Waals surface area contributed by atoms with Crippen molar-refractivity contribution in [3.05, 3.63) is 0 Å². The second-order valence-corrected chi connectivity index (χ2v) is 4.76. The molecule has 96 valence electrons. The van der Waals surface area contributed by atoms with Gasteiger partial charge < -0.3 is 15.1 Å². The Bertz CT molecular complexity index is 217. The molecule has 0 saturated heterocycles. The maximum Gasteiger partial charge on any atom is 0.317 e. The van der Waals surface area contributed by atoms with Gasteiger partial charge >= 0.3 is 5.97 Å². The molecule has 0 bridgehead atoms. The highest BCUT2D eigenvalue weighted by Crippen LogP contribution is 2.10. The molecule has 0 aromatic heterocycles. The van der Waals surface area contributed by atoms with Gasteiger partial charge in [-0.05, 0) is 27.4 Å². The second-order valence-electron chi connectivity index (χ2n) is 4.76. The molecule has 0 rings (SSSR count). The van der Waals surface area contributed by atoms with Crippen molar-refractivity contribution >= 4 is 5.97 Å². The molecule has 0 aromatic carbocycles. The molecule has 0 amide bonds. The SMILES string of the molecule is CCC(C)(O)CN(CCN(C)C)CC(=O)O. The lowest BCUT2D eigenvalue weighted by Gasteiger charge is -2.30. The Kier molecular flexibility index (Phi) is 6.55. The van der Waals surface area contributed by atoms with Crippen molar-refractivity contribution in [1.82, 2.24) is 9.80 Å². The minimum absolute atomic E-state index is 0.0238. The lowest BCUT2D eigenvalue weighted by molar-refractivity contribution is -0.139. The van der Waals surface area contributed by atoms with Gasteiger partial charge in [-0.15, -0.1) is 0 Å². The molecule has 1 atom stereocenters. The zero-order valence-corrected chi connectivity index (χ0v) is 10.7. The standard InChI is InChI=1S/C11H24N2O3/c1-5-11(2,16)9-13(8-10(14)15)7-6-12(3)4/h16H,5-9H2,1-4H3,(H,14,15). The molecule has 0 radical (unpaired) electrons. The molecule has 0 fully saturated rings. The molecule has 0 aliphatic heterocycles. The summed E-state index contributed by atoms with van der Waals surface area (Å²) >= 11 is 0. The Morgan fingerprint density at radius 1 is 1.31 bits per heavy atom. The van der Waals surface area contributed by atoms with Crippen LogP contribution in [0.3, 0.4) is 0 Å². The third-order valence-electron chi connectivity index (χ3n) is 2.55. The van der Waals surface area contributed by atoms with Crippen molar-refractivity contribution in [2.24, 2.45) is 0 Å². The molecule has 0 spiro atoms. The van der Waals surface area contributed by atoms with Crippen LogP contribution in [-0.2, 0) is 4.79 Å². The average molecular weight is 232 g/mol. The predicted octanol–water partition coefficient (Wildman–Crippen LogP) is 0.0956. The topological polar surface area (TPSA) is 64.0 Å². The Balaban J connectivity index is 4.25. The van der Waals surface area contributed by atoms with Crippen molar-refractivity contribution < 1.29 is 15.0 Å². The zero-order valence-electron chi connectivity index (χ0n) is 10.7. The minimum atomic E-state index is -0.856. The van der Waals surface area contributed by atoms with E-state index in [-0.39, 0.29) is 6.54 Å². The first-order chi connectivity index (χ1) is 7.26. The van der Waals surface area contributed by atoms with Gasteiger partial charge in [0.05, 0.1) is 12.1 Å². The molecule has 0 aliphatic carbocycles. The maximum atomic E-state index is 10.7. The van der Waals surface area contributed by atoms with Crippen molar-refractivity contribution in [3.8, 4) is 0 Å². The van der Waals surface area contributed by atoms with E-state index in [9.17, 15) is 9.90 Å². The van der Waals surface area contributed by atoms with Crippen LogP contribution in [0.1, 0.15) is 20.3 Å². The highest BCUT2D eigenvalue weighted by Gasteiger charge is 2.23. The zero-order chi connectivity index (χ0) is 12.8. The maximum absolute atomic E-state index is 10.7. The van der Waals surface area contributed by atoms with E-state index in [1.165, 1.54) is 0 Å². The van der Waals surface area contributed by atoms with Crippen LogP contribution in [0.5, 0.6) is 0 Å². The van der Waals surface area contributed by atoms with Crippen LogP contribution in [0.15, 0.2) is 0 Å². The van der Waals surface area contributed by atoms with Crippen LogP contribution < -0.4 is 0 Å². The fourth-order valence-electron chi connectivity index (χ4n) is 1.34. The second kappa shape index (κ2) is 6.83. The highest BCUT2D eigenvalue weighted by atomic mass is 16.4. The van der Waals surface area contributed by atoms with E-state index < -0.39 is 11.6 Å². The molecule has 1 unspecified atom stereocenters. The number of likely N-dealkylation sites (N-methyl/N-ethyl adjacent to an activating group) is 1. The van der Waals surface area contributed by atoms with E-state index >= 15 is 0 Å². The summed E-state index contributed by atoms with van der Waals surface area (Å²) in [5, 5.41) is 18.7. The number of rotatable bonds is 8. The summed E-state index contributed by atoms with van der Waals surface area (Å²) in [5.41, 5.74) is -0.818. The third kappa shape index (κ3) is 7.62. The molecule has 0 heterocycles. The van der Waals surface area contributed by atoms with Gasteiger partial charge in [0.15, 0.2) is 0 Å². The van der Waals surface area contributed by atoms with Crippen LogP contribution in [0.25, 0.3) is 0 Å². The number of carboxylic acid groups (broad SMARTS) is 1. The molecule has 5 nitrogen and oxygen atoms in total. The van der Waals surface area contributed by atoms with Gasteiger partial charge in [0.1, 0.15) is 0 Å². The van der Waals surface area contributed by atoms with Gasteiger partial charge in [-0.25, -0.2) is 0 Å². The summed E-state index contributed by atoms with van der Waals surface area (Å²) < 4.78 is 0. The Morgan fingerprint density at radius 3 is 2.25 bits per heavy atom. The largest absolute Gasteiger partial charge is 0.480 e. The molecule has 16 heavy (non-hydrogen) atoms. The Hall–Kier alpha value is -0.650. The third-order valence-corrected chi connectivity index (χ3v) is 2.55. The lowest BCUT2D eigenvalue weighted by Crippen LogP contribution is -2.45. The van der Waals surface area contributed by atoms with Gasteiger partial charge in [-0.1, -0.05) is 6.92 Å². The highest BCUT2D eigenvalue weighted by molar-refractivity contribution is 5.69. The summed E-state index contributed by atoms with van der Waals surface area (Å²) in [6, 6.07) is 0. The number of hydrogen-bond acceptors (Lipinski definition) is 4. The van der Waals surface area contributed by atoms with Crippen molar-refractivity contribution in [2.75, 3.05) is 40.3 Å². The number of carboxylic acids is 1. The van der Waals surface area contributed by atoms with Crippen LogP contribution in [0.4, 0.5) is 0 Å². The van der Waals surface area contributed by atoms with Gasteiger partial charge in [0, 0.05) is 19.6 Å². The molecule has 2 N–H and O–H groups in total. The van der Waals surface area contributed by atoms with Gasteiger partial charge in [-0.2, -0.15) is 0 Å². The summed E-state index contributed by atoms with van der Waals surface area (Å²) in [7, 11) is 3.88. The fourth-order valence-corrected chi connectivity index (χ4v) is 1.34. The van der Waals surface area contributed by atoms with Crippen LogP contribution in [0.2, 0.25) is 0 Å². The average Bonchev–Trinajstić information content (AvgIpc) is 2.13. The van der Waals surface area contributed by atoms with E-state index in [0.717, 1.165) is 6.54 Å². The molecule has 0 saturated carbocycles. The van der Waals surface area contributed by atoms with Gasteiger partial charge in [0.2, 0.25) is 0 Å². The summed E-state index contributed by atoms with van der Waals surface area (Å²) in [6.45, 7) is 5.43. The van der Waals surface area contributed by atoms with E-state index in [1.54, 1.807) is 11.8 Å².